The number of fused-ring (bicyclic) bond motifs is 5. The van der Waals surface area contributed by atoms with Crippen molar-refractivity contribution < 1.29 is 9.90 Å². The summed E-state index contributed by atoms with van der Waals surface area (Å²) < 4.78 is 0. The van der Waals surface area contributed by atoms with Crippen LogP contribution in [0.1, 0.15) is 105 Å². The molecule has 0 bridgehead atoms. The summed E-state index contributed by atoms with van der Waals surface area (Å²) in [7, 11) is 0. The van der Waals surface area contributed by atoms with Crippen molar-refractivity contribution in [1.29, 1.82) is 0 Å². The minimum Gasteiger partial charge on any atom is -0.393 e. The fourth-order valence-electron chi connectivity index (χ4n) is 8.98. The lowest BCUT2D eigenvalue weighted by atomic mass is 9.44. The highest BCUT2D eigenvalue weighted by molar-refractivity contribution is 5.77. The minimum atomic E-state index is -0.0361. The molecule has 4 fully saturated rings. The number of carbonyl (C=O) groups is 1. The first-order chi connectivity index (χ1) is 13.3. The Balaban J connectivity index is 1.48. The molecule has 0 amide bonds. The number of ketones is 1. The molecule has 0 aromatic carbocycles. The molecule has 2 nitrogen and oxygen atoms in total. The van der Waals surface area contributed by atoms with E-state index in [0.29, 0.717) is 29.0 Å². The normalized spacial score (nSPS) is 49.0. The maximum Gasteiger partial charge on any atom is 0.132 e. The lowest BCUT2D eigenvalue weighted by Crippen LogP contribution is -2.54. The van der Waals surface area contributed by atoms with Crippen molar-refractivity contribution in [3.63, 3.8) is 0 Å². The fraction of sp³-hybridized carbons (Fsp3) is 0.962. The molecule has 1 N–H and O–H groups in total. The summed E-state index contributed by atoms with van der Waals surface area (Å²) in [6.45, 7) is 9.66. The van der Waals surface area contributed by atoms with Crippen molar-refractivity contribution in [1.82, 2.24) is 0 Å². The first-order valence-corrected chi connectivity index (χ1v) is 12.5. The van der Waals surface area contributed by atoms with Crippen LogP contribution in [-0.2, 0) is 4.79 Å². The maximum atomic E-state index is 11.9. The third kappa shape index (κ3) is 3.30. The standard InChI is InChI=1S/C26H44O2/c1-5-19(27)8-6-17(2)22-10-11-23-21-9-7-18-16-20(28)12-14-25(18,3)24(21)13-15-26(22,23)4/h17-18,20-24,28H,5-16H2,1-4H3/t17-,18-,20-,21+,22-,23+,24+,25+,26-/m1/s1. The molecule has 2 heteroatoms. The predicted octanol–water partition coefficient (Wildman–Crippen LogP) is 6.40. The molecule has 160 valence electrons. The van der Waals surface area contributed by atoms with E-state index in [-0.39, 0.29) is 6.10 Å². The van der Waals surface area contributed by atoms with Gasteiger partial charge in [0.05, 0.1) is 6.10 Å². The van der Waals surface area contributed by atoms with E-state index < -0.39 is 0 Å². The zero-order chi connectivity index (χ0) is 20.1. The summed E-state index contributed by atoms with van der Waals surface area (Å²) in [5.74, 6) is 5.45. The molecular formula is C26H44O2. The highest BCUT2D eigenvalue weighted by Gasteiger charge is 2.60. The Labute approximate surface area is 173 Å². The van der Waals surface area contributed by atoms with Gasteiger partial charge in [0.25, 0.3) is 0 Å². The van der Waals surface area contributed by atoms with Crippen LogP contribution in [-0.4, -0.2) is 17.0 Å². The molecule has 0 aromatic heterocycles. The number of aliphatic hydroxyl groups excluding tert-OH is 1. The summed E-state index contributed by atoms with van der Waals surface area (Å²) in [5, 5.41) is 10.2. The van der Waals surface area contributed by atoms with Crippen LogP contribution in [0.2, 0.25) is 0 Å². The van der Waals surface area contributed by atoms with E-state index in [1.54, 1.807) is 0 Å². The number of hydrogen-bond donors (Lipinski definition) is 1. The van der Waals surface area contributed by atoms with Gasteiger partial charge in [0, 0.05) is 12.8 Å². The van der Waals surface area contributed by atoms with Crippen LogP contribution in [0.5, 0.6) is 0 Å². The van der Waals surface area contributed by atoms with Gasteiger partial charge in [-0.05, 0) is 111 Å². The molecule has 0 unspecified atom stereocenters. The van der Waals surface area contributed by atoms with E-state index in [1.165, 1.54) is 44.9 Å². The lowest BCUT2D eigenvalue weighted by molar-refractivity contribution is -0.129. The predicted molar refractivity (Wildman–Crippen MR) is 115 cm³/mol. The number of aliphatic hydroxyl groups is 1. The molecule has 0 saturated heterocycles. The molecule has 4 rings (SSSR count). The second kappa shape index (κ2) is 7.71. The van der Waals surface area contributed by atoms with Crippen LogP contribution in [0.15, 0.2) is 0 Å². The Morgan fingerprint density at radius 1 is 1.00 bits per heavy atom. The first-order valence-electron chi connectivity index (χ1n) is 12.5. The number of carbonyl (C=O) groups excluding carboxylic acids is 1. The van der Waals surface area contributed by atoms with Gasteiger partial charge in [-0.15, -0.1) is 0 Å². The summed E-state index contributed by atoms with van der Waals surface area (Å²) in [6.07, 6.45) is 14.3. The zero-order valence-corrected chi connectivity index (χ0v) is 18.9. The van der Waals surface area contributed by atoms with Crippen molar-refractivity contribution in [2.45, 2.75) is 111 Å². The number of rotatable bonds is 5. The number of hydrogen-bond acceptors (Lipinski definition) is 2. The maximum absolute atomic E-state index is 11.9. The molecule has 0 aliphatic heterocycles. The summed E-state index contributed by atoms with van der Waals surface area (Å²) in [4.78, 5) is 11.9. The summed E-state index contributed by atoms with van der Waals surface area (Å²) >= 11 is 0. The van der Waals surface area contributed by atoms with E-state index in [4.69, 9.17) is 0 Å². The molecule has 0 heterocycles. The van der Waals surface area contributed by atoms with E-state index in [1.807, 2.05) is 6.92 Å². The van der Waals surface area contributed by atoms with Crippen molar-refractivity contribution >= 4 is 5.78 Å². The van der Waals surface area contributed by atoms with Crippen molar-refractivity contribution in [2.75, 3.05) is 0 Å². The third-order valence-electron chi connectivity index (χ3n) is 10.7. The quantitative estimate of drug-likeness (QED) is 0.591. The molecule has 0 aromatic rings. The Morgan fingerprint density at radius 3 is 2.46 bits per heavy atom. The van der Waals surface area contributed by atoms with Crippen molar-refractivity contribution in [2.24, 2.45) is 46.3 Å². The van der Waals surface area contributed by atoms with Crippen molar-refractivity contribution in [3.8, 4) is 0 Å². The van der Waals surface area contributed by atoms with Crippen LogP contribution < -0.4 is 0 Å². The highest BCUT2D eigenvalue weighted by Crippen LogP contribution is 2.68. The average Bonchev–Trinajstić information content (AvgIpc) is 3.03. The van der Waals surface area contributed by atoms with E-state index in [0.717, 1.165) is 55.3 Å². The largest absolute Gasteiger partial charge is 0.393 e. The fourth-order valence-corrected chi connectivity index (χ4v) is 8.98. The van der Waals surface area contributed by atoms with Crippen LogP contribution >= 0.6 is 0 Å². The zero-order valence-electron chi connectivity index (χ0n) is 18.9. The molecule has 9 atom stereocenters. The van der Waals surface area contributed by atoms with Gasteiger partial charge < -0.3 is 5.11 Å². The molecular weight excluding hydrogens is 344 g/mol. The van der Waals surface area contributed by atoms with Gasteiger partial charge in [-0.3, -0.25) is 4.79 Å². The molecule has 0 spiro atoms. The van der Waals surface area contributed by atoms with Crippen LogP contribution in [0.3, 0.4) is 0 Å². The van der Waals surface area contributed by atoms with Gasteiger partial charge in [-0.2, -0.15) is 0 Å². The first kappa shape index (κ1) is 20.9. The Morgan fingerprint density at radius 2 is 1.71 bits per heavy atom. The van der Waals surface area contributed by atoms with Gasteiger partial charge in [-0.25, -0.2) is 0 Å². The summed E-state index contributed by atoms with van der Waals surface area (Å²) in [5.41, 5.74) is 0.994. The Kier molecular flexibility index (Phi) is 5.75. The van der Waals surface area contributed by atoms with Gasteiger partial charge >= 0.3 is 0 Å². The monoisotopic (exact) mass is 388 g/mol. The van der Waals surface area contributed by atoms with Crippen molar-refractivity contribution in [3.05, 3.63) is 0 Å². The summed E-state index contributed by atoms with van der Waals surface area (Å²) in [6, 6.07) is 0. The van der Waals surface area contributed by atoms with E-state index in [2.05, 4.69) is 20.8 Å². The van der Waals surface area contributed by atoms with E-state index in [9.17, 15) is 9.90 Å². The Hall–Kier alpha value is -0.370. The van der Waals surface area contributed by atoms with Gasteiger partial charge in [0.2, 0.25) is 0 Å². The molecule has 4 saturated carbocycles. The second-order valence-corrected chi connectivity index (χ2v) is 11.7. The van der Waals surface area contributed by atoms with Crippen LogP contribution in [0.25, 0.3) is 0 Å². The van der Waals surface area contributed by atoms with Gasteiger partial charge in [-0.1, -0.05) is 27.7 Å². The molecule has 0 radical (unpaired) electrons. The van der Waals surface area contributed by atoms with Gasteiger partial charge in [0.1, 0.15) is 5.78 Å². The average molecular weight is 389 g/mol. The molecule has 28 heavy (non-hydrogen) atoms. The smallest absolute Gasteiger partial charge is 0.132 e. The second-order valence-electron chi connectivity index (χ2n) is 11.7. The van der Waals surface area contributed by atoms with Crippen LogP contribution in [0.4, 0.5) is 0 Å². The topological polar surface area (TPSA) is 37.3 Å². The Bertz CT molecular complexity index is 585. The van der Waals surface area contributed by atoms with Gasteiger partial charge in [0.15, 0.2) is 0 Å². The molecule has 4 aliphatic carbocycles. The van der Waals surface area contributed by atoms with Crippen LogP contribution in [0, 0.1) is 46.3 Å². The third-order valence-corrected chi connectivity index (χ3v) is 10.7. The SMILES string of the molecule is CCC(=O)CC[C@@H](C)[C@H]1CC[C@H]2[C@@H]3CC[C@@H]4C[C@H](O)CC[C@]4(C)[C@H]3CC[C@]12C. The van der Waals surface area contributed by atoms with E-state index >= 15 is 0 Å². The lowest BCUT2D eigenvalue weighted by Gasteiger charge is -2.61. The highest BCUT2D eigenvalue weighted by atomic mass is 16.3. The molecule has 4 aliphatic rings. The number of Topliss-reactive ketones (excluding diaryl/α,β-unsaturated/α-hetero) is 1. The minimum absolute atomic E-state index is 0.0361.